The predicted molar refractivity (Wildman–Crippen MR) is 122 cm³/mol. The van der Waals surface area contributed by atoms with Gasteiger partial charge in [0.2, 0.25) is 0 Å². The average Bonchev–Trinajstić information content (AvgIpc) is 3.28. The number of hydrogen-bond acceptors (Lipinski definition) is 1. The van der Waals surface area contributed by atoms with Gasteiger partial charge in [0.15, 0.2) is 0 Å². The highest BCUT2D eigenvalue weighted by Crippen LogP contribution is 2.45. The molecule has 4 heteroatoms. The number of amides is 1. The fourth-order valence-corrected chi connectivity index (χ4v) is 4.60. The van der Waals surface area contributed by atoms with Gasteiger partial charge in [0.1, 0.15) is 5.82 Å². The molecule has 1 aliphatic rings. The van der Waals surface area contributed by atoms with Crippen LogP contribution in [-0.4, -0.2) is 22.3 Å². The molecule has 0 aliphatic carbocycles. The number of H-pyrrole nitrogens is 1. The third-order valence-corrected chi connectivity index (χ3v) is 6.16. The summed E-state index contributed by atoms with van der Waals surface area (Å²) in [6, 6.07) is 22.4. The molecule has 3 aromatic carbocycles. The number of halogens is 1. The summed E-state index contributed by atoms with van der Waals surface area (Å²) in [4.78, 5) is 19.0. The number of nitrogens with one attached hydrogen (secondary N) is 1. The quantitative estimate of drug-likeness (QED) is 0.396. The smallest absolute Gasteiger partial charge is 0.255 e. The first-order chi connectivity index (χ1) is 15.0. The molecule has 0 saturated heterocycles. The van der Waals surface area contributed by atoms with Crippen LogP contribution >= 0.6 is 0 Å². The molecule has 1 atom stereocenters. The Morgan fingerprint density at radius 2 is 1.68 bits per heavy atom. The van der Waals surface area contributed by atoms with Crippen molar-refractivity contribution in [3.05, 3.63) is 95.3 Å². The van der Waals surface area contributed by atoms with E-state index >= 15 is 0 Å². The lowest BCUT2D eigenvalue weighted by molar-refractivity contribution is 0.0743. The highest BCUT2D eigenvalue weighted by atomic mass is 19.1. The topological polar surface area (TPSA) is 36.1 Å². The third-order valence-electron chi connectivity index (χ3n) is 6.16. The van der Waals surface area contributed by atoms with Crippen molar-refractivity contribution in [3.8, 4) is 11.3 Å². The van der Waals surface area contributed by atoms with Crippen molar-refractivity contribution < 1.29 is 9.18 Å². The van der Waals surface area contributed by atoms with Gasteiger partial charge < -0.3 is 9.88 Å². The summed E-state index contributed by atoms with van der Waals surface area (Å²) in [6.07, 6.45) is 0.935. The van der Waals surface area contributed by atoms with Gasteiger partial charge in [0.05, 0.1) is 11.7 Å². The van der Waals surface area contributed by atoms with E-state index in [0.29, 0.717) is 12.5 Å². The van der Waals surface area contributed by atoms with Crippen molar-refractivity contribution in [3.63, 3.8) is 0 Å². The molecule has 3 nitrogen and oxygen atoms in total. The minimum atomic E-state index is -0.263. The molecule has 0 saturated carbocycles. The van der Waals surface area contributed by atoms with Gasteiger partial charge in [0.25, 0.3) is 5.91 Å². The predicted octanol–water partition coefficient (Wildman–Crippen LogP) is 6.57. The van der Waals surface area contributed by atoms with Gasteiger partial charge >= 0.3 is 0 Å². The van der Waals surface area contributed by atoms with E-state index in [0.717, 1.165) is 45.3 Å². The molecular formula is C27H25FN2O. The van der Waals surface area contributed by atoms with E-state index in [1.807, 2.05) is 41.3 Å². The maximum absolute atomic E-state index is 13.6. The SMILES string of the molecule is CC(C)CCN1C(=O)c2ccccc2[C@H]1c1c(-c2ccc(F)cc2)[nH]c2ccccc12. The summed E-state index contributed by atoms with van der Waals surface area (Å²) in [7, 11) is 0. The molecule has 0 radical (unpaired) electrons. The minimum Gasteiger partial charge on any atom is -0.354 e. The van der Waals surface area contributed by atoms with E-state index in [9.17, 15) is 9.18 Å². The molecule has 0 spiro atoms. The van der Waals surface area contributed by atoms with Crippen LogP contribution in [0.5, 0.6) is 0 Å². The molecule has 31 heavy (non-hydrogen) atoms. The fourth-order valence-electron chi connectivity index (χ4n) is 4.60. The zero-order valence-corrected chi connectivity index (χ0v) is 17.7. The van der Waals surface area contributed by atoms with Crippen molar-refractivity contribution in [2.24, 2.45) is 5.92 Å². The van der Waals surface area contributed by atoms with Crippen molar-refractivity contribution in [1.82, 2.24) is 9.88 Å². The second-order valence-corrected chi connectivity index (χ2v) is 8.64. The Balaban J connectivity index is 1.75. The van der Waals surface area contributed by atoms with E-state index in [1.54, 1.807) is 12.1 Å². The van der Waals surface area contributed by atoms with Gasteiger partial charge in [-0.05, 0) is 59.9 Å². The number of aromatic nitrogens is 1. The van der Waals surface area contributed by atoms with Gasteiger partial charge in [-0.3, -0.25) is 4.79 Å². The zero-order chi connectivity index (χ0) is 21.5. The summed E-state index contributed by atoms with van der Waals surface area (Å²) < 4.78 is 13.6. The number of para-hydroxylation sites is 1. The Morgan fingerprint density at radius 3 is 2.45 bits per heavy atom. The van der Waals surface area contributed by atoms with E-state index < -0.39 is 0 Å². The molecule has 1 aliphatic heterocycles. The number of fused-ring (bicyclic) bond motifs is 2. The maximum atomic E-state index is 13.6. The second-order valence-electron chi connectivity index (χ2n) is 8.64. The number of aromatic amines is 1. The lowest BCUT2D eigenvalue weighted by Gasteiger charge is -2.27. The van der Waals surface area contributed by atoms with Crippen molar-refractivity contribution in [1.29, 1.82) is 0 Å². The zero-order valence-electron chi connectivity index (χ0n) is 17.7. The number of carbonyl (C=O) groups excluding carboxylic acids is 1. The third kappa shape index (κ3) is 3.32. The molecule has 1 aromatic heterocycles. The first-order valence-electron chi connectivity index (χ1n) is 10.8. The van der Waals surface area contributed by atoms with Crippen LogP contribution in [0, 0.1) is 11.7 Å². The molecule has 2 heterocycles. The van der Waals surface area contributed by atoms with Crippen molar-refractivity contribution >= 4 is 16.8 Å². The highest BCUT2D eigenvalue weighted by molar-refractivity contribution is 6.02. The first kappa shape index (κ1) is 19.6. The largest absolute Gasteiger partial charge is 0.354 e. The monoisotopic (exact) mass is 412 g/mol. The van der Waals surface area contributed by atoms with Crippen LogP contribution in [0.15, 0.2) is 72.8 Å². The lowest BCUT2D eigenvalue weighted by atomic mass is 9.93. The molecule has 0 bridgehead atoms. The Bertz CT molecular complexity index is 1260. The van der Waals surface area contributed by atoms with Gasteiger partial charge in [-0.15, -0.1) is 0 Å². The Kier molecular flexibility index (Phi) is 4.85. The summed E-state index contributed by atoms with van der Waals surface area (Å²) >= 11 is 0. The maximum Gasteiger partial charge on any atom is 0.255 e. The normalized spacial score (nSPS) is 15.8. The average molecular weight is 413 g/mol. The number of benzene rings is 3. The summed E-state index contributed by atoms with van der Waals surface area (Å²) in [5, 5.41) is 1.09. The van der Waals surface area contributed by atoms with Crippen LogP contribution in [0.3, 0.4) is 0 Å². The van der Waals surface area contributed by atoms with Crippen molar-refractivity contribution in [2.45, 2.75) is 26.3 Å². The number of carbonyl (C=O) groups is 1. The van der Waals surface area contributed by atoms with Crippen LogP contribution in [0.2, 0.25) is 0 Å². The molecule has 5 rings (SSSR count). The van der Waals surface area contributed by atoms with Crippen molar-refractivity contribution in [2.75, 3.05) is 6.54 Å². The molecule has 1 N–H and O–H groups in total. The van der Waals surface area contributed by atoms with Gasteiger partial charge in [-0.25, -0.2) is 4.39 Å². The van der Waals surface area contributed by atoms with Crippen LogP contribution in [-0.2, 0) is 0 Å². The molecule has 0 unspecified atom stereocenters. The Labute approximate surface area is 181 Å². The van der Waals surface area contributed by atoms with E-state index in [2.05, 4.69) is 31.0 Å². The van der Waals surface area contributed by atoms with Gasteiger partial charge in [-0.2, -0.15) is 0 Å². The van der Waals surface area contributed by atoms with E-state index in [-0.39, 0.29) is 17.8 Å². The Hall–Kier alpha value is -3.40. The van der Waals surface area contributed by atoms with Crippen LogP contribution in [0.4, 0.5) is 4.39 Å². The molecule has 4 aromatic rings. The first-order valence-corrected chi connectivity index (χ1v) is 10.8. The lowest BCUT2D eigenvalue weighted by Crippen LogP contribution is -2.30. The highest BCUT2D eigenvalue weighted by Gasteiger charge is 2.39. The fraction of sp³-hybridized carbons (Fsp3) is 0.222. The standard InChI is InChI=1S/C27H25FN2O/c1-17(2)15-16-30-26(20-7-3-4-8-21(20)27(30)31)24-22-9-5-6-10-23(22)29-25(24)18-11-13-19(28)14-12-18/h3-14,17,26,29H,15-16H2,1-2H3/t26-/m0/s1. The molecule has 0 fully saturated rings. The van der Waals surface area contributed by atoms with Gasteiger partial charge in [0, 0.05) is 28.6 Å². The second kappa shape index (κ2) is 7.69. The summed E-state index contributed by atoms with van der Waals surface area (Å²) in [5.41, 5.74) is 5.73. The number of hydrogen-bond donors (Lipinski definition) is 1. The van der Waals surface area contributed by atoms with Crippen LogP contribution < -0.4 is 0 Å². The molecule has 156 valence electrons. The minimum absolute atomic E-state index is 0.0802. The summed E-state index contributed by atoms with van der Waals surface area (Å²) in [6.45, 7) is 5.05. The molecule has 1 amide bonds. The number of nitrogens with zero attached hydrogens (tertiary/aromatic N) is 1. The molecular weight excluding hydrogens is 387 g/mol. The van der Waals surface area contributed by atoms with Crippen LogP contribution in [0.25, 0.3) is 22.2 Å². The number of rotatable bonds is 5. The Morgan fingerprint density at radius 1 is 0.968 bits per heavy atom. The van der Waals surface area contributed by atoms with Crippen LogP contribution in [0.1, 0.15) is 47.8 Å². The van der Waals surface area contributed by atoms with Gasteiger partial charge in [-0.1, -0.05) is 50.2 Å². The van der Waals surface area contributed by atoms with E-state index in [4.69, 9.17) is 0 Å². The van der Waals surface area contributed by atoms with E-state index in [1.165, 1.54) is 12.1 Å². The summed E-state index contributed by atoms with van der Waals surface area (Å²) in [5.74, 6) is 0.314.